The van der Waals surface area contributed by atoms with E-state index in [0.717, 1.165) is 37.8 Å². The van der Waals surface area contributed by atoms with Crippen LogP contribution in [-0.4, -0.2) is 36.6 Å². The Morgan fingerprint density at radius 1 is 1.35 bits per heavy atom. The van der Waals surface area contributed by atoms with Crippen LogP contribution in [0.5, 0.6) is 5.75 Å². The number of nitrogens with one attached hydrogen (secondary N) is 1. The van der Waals surface area contributed by atoms with Gasteiger partial charge < -0.3 is 10.1 Å². The van der Waals surface area contributed by atoms with Gasteiger partial charge in [0.2, 0.25) is 0 Å². The van der Waals surface area contributed by atoms with Crippen LogP contribution in [0.3, 0.4) is 0 Å². The zero-order valence-electron chi connectivity index (χ0n) is 13.5. The van der Waals surface area contributed by atoms with Gasteiger partial charge in [0.15, 0.2) is 0 Å². The monoisotopic (exact) mass is 329 g/mol. The van der Waals surface area contributed by atoms with Gasteiger partial charge in [-0.1, -0.05) is 18.2 Å². The summed E-state index contributed by atoms with van der Waals surface area (Å²) in [6.45, 7) is 3.96. The highest BCUT2D eigenvalue weighted by Crippen LogP contribution is 2.41. The second-order valence-corrected chi connectivity index (χ2v) is 7.27. The van der Waals surface area contributed by atoms with Crippen LogP contribution in [0.25, 0.3) is 0 Å². The van der Waals surface area contributed by atoms with Gasteiger partial charge in [0.1, 0.15) is 5.75 Å². The van der Waals surface area contributed by atoms with Crippen molar-refractivity contribution in [3.8, 4) is 5.75 Å². The second-order valence-electron chi connectivity index (χ2n) is 6.38. The molecule has 1 saturated heterocycles. The summed E-state index contributed by atoms with van der Waals surface area (Å²) in [5.41, 5.74) is 2.48. The first kappa shape index (κ1) is 15.1. The van der Waals surface area contributed by atoms with Crippen LogP contribution in [0.15, 0.2) is 29.6 Å². The van der Waals surface area contributed by atoms with Gasteiger partial charge >= 0.3 is 0 Å². The van der Waals surface area contributed by atoms with E-state index in [9.17, 15) is 0 Å². The highest BCUT2D eigenvalue weighted by Gasteiger charge is 2.29. The van der Waals surface area contributed by atoms with Crippen LogP contribution in [0.4, 0.5) is 0 Å². The Kier molecular flexibility index (Phi) is 4.33. The molecular weight excluding hydrogens is 306 g/mol. The van der Waals surface area contributed by atoms with Gasteiger partial charge in [-0.2, -0.15) is 0 Å². The van der Waals surface area contributed by atoms with Crippen molar-refractivity contribution in [3.63, 3.8) is 0 Å². The molecule has 1 saturated carbocycles. The van der Waals surface area contributed by atoms with Crippen molar-refractivity contribution in [3.05, 3.63) is 45.9 Å². The van der Waals surface area contributed by atoms with E-state index in [2.05, 4.69) is 33.8 Å². The van der Waals surface area contributed by atoms with Crippen molar-refractivity contribution >= 4 is 11.3 Å². The van der Waals surface area contributed by atoms with Crippen molar-refractivity contribution in [2.45, 2.75) is 31.3 Å². The molecule has 1 aromatic heterocycles. The van der Waals surface area contributed by atoms with Gasteiger partial charge in [0.25, 0.3) is 0 Å². The van der Waals surface area contributed by atoms with Crippen molar-refractivity contribution in [2.75, 3.05) is 26.7 Å². The molecule has 1 aliphatic heterocycles. The van der Waals surface area contributed by atoms with Crippen LogP contribution < -0.4 is 10.1 Å². The first-order valence-corrected chi connectivity index (χ1v) is 9.25. The lowest BCUT2D eigenvalue weighted by molar-refractivity contribution is 0.149. The summed E-state index contributed by atoms with van der Waals surface area (Å²) in [5, 5.41) is 7.10. The summed E-state index contributed by atoms with van der Waals surface area (Å²) in [6, 6.07) is 8.70. The average molecular weight is 329 g/mol. The predicted octanol–water partition coefficient (Wildman–Crippen LogP) is 3.18. The molecule has 4 nitrogen and oxygen atoms in total. The van der Waals surface area contributed by atoms with Crippen molar-refractivity contribution < 1.29 is 4.74 Å². The smallest absolute Gasteiger partial charge is 0.123 e. The molecule has 2 aromatic rings. The quantitative estimate of drug-likeness (QED) is 0.914. The lowest BCUT2D eigenvalue weighted by Gasteiger charge is -2.36. The topological polar surface area (TPSA) is 37.4 Å². The number of para-hydroxylation sites is 1. The maximum absolute atomic E-state index is 5.57. The normalized spacial score (nSPS) is 22.2. The molecule has 0 bridgehead atoms. The van der Waals surface area contributed by atoms with Crippen molar-refractivity contribution in [1.82, 2.24) is 15.2 Å². The standard InChI is InChI=1S/C18H23N3OS/c1-22-17-5-3-2-4-15(17)16-10-19-8-9-21(16)11-14-12-23-18(20-14)13-6-7-13/h2-5,12-13,16,19H,6-11H2,1H3. The summed E-state index contributed by atoms with van der Waals surface area (Å²) >= 11 is 1.84. The highest BCUT2D eigenvalue weighted by molar-refractivity contribution is 7.09. The van der Waals surface area contributed by atoms with E-state index in [1.807, 2.05) is 17.4 Å². The van der Waals surface area contributed by atoms with E-state index in [1.165, 1.54) is 29.1 Å². The van der Waals surface area contributed by atoms with Crippen LogP contribution in [-0.2, 0) is 6.54 Å². The molecule has 1 aromatic carbocycles. The highest BCUT2D eigenvalue weighted by atomic mass is 32.1. The van der Waals surface area contributed by atoms with Crippen molar-refractivity contribution in [2.24, 2.45) is 0 Å². The number of hydrogen-bond donors (Lipinski definition) is 1. The maximum Gasteiger partial charge on any atom is 0.123 e. The van der Waals surface area contributed by atoms with E-state index in [1.54, 1.807) is 7.11 Å². The lowest BCUT2D eigenvalue weighted by Crippen LogP contribution is -2.45. The van der Waals surface area contributed by atoms with Gasteiger partial charge in [-0.15, -0.1) is 11.3 Å². The molecule has 0 radical (unpaired) electrons. The van der Waals surface area contributed by atoms with Crippen LogP contribution in [0, 0.1) is 0 Å². The van der Waals surface area contributed by atoms with Crippen LogP contribution in [0.1, 0.15) is 41.1 Å². The molecule has 0 spiro atoms. The first-order chi connectivity index (χ1) is 11.3. The van der Waals surface area contributed by atoms with Gasteiger partial charge in [-0.05, 0) is 18.9 Å². The van der Waals surface area contributed by atoms with Gasteiger partial charge in [0, 0.05) is 43.0 Å². The molecule has 23 heavy (non-hydrogen) atoms. The number of hydrogen-bond acceptors (Lipinski definition) is 5. The van der Waals surface area contributed by atoms with E-state index < -0.39 is 0 Å². The van der Waals surface area contributed by atoms with Crippen molar-refractivity contribution in [1.29, 1.82) is 0 Å². The molecule has 1 unspecified atom stereocenters. The Morgan fingerprint density at radius 3 is 3.04 bits per heavy atom. The summed E-state index contributed by atoms with van der Waals surface area (Å²) in [7, 11) is 1.75. The molecule has 2 fully saturated rings. The van der Waals surface area contributed by atoms with Crippen LogP contribution >= 0.6 is 11.3 Å². The fourth-order valence-electron chi connectivity index (χ4n) is 3.31. The van der Waals surface area contributed by atoms with E-state index in [4.69, 9.17) is 9.72 Å². The molecule has 1 aliphatic carbocycles. The Morgan fingerprint density at radius 2 is 2.22 bits per heavy atom. The SMILES string of the molecule is COc1ccccc1C1CNCCN1Cc1csc(C2CC2)n1. The lowest BCUT2D eigenvalue weighted by atomic mass is 10.0. The molecule has 122 valence electrons. The minimum atomic E-state index is 0.339. The Bertz CT molecular complexity index is 668. The molecule has 0 amide bonds. The average Bonchev–Trinajstić information content (AvgIpc) is 3.35. The number of methoxy groups -OCH3 is 1. The molecule has 2 heterocycles. The number of aromatic nitrogens is 1. The molecule has 1 N–H and O–H groups in total. The van der Waals surface area contributed by atoms with Gasteiger partial charge in [-0.3, -0.25) is 4.90 Å². The molecule has 1 atom stereocenters. The van der Waals surface area contributed by atoms with Gasteiger partial charge in [0.05, 0.1) is 23.9 Å². The summed E-state index contributed by atoms with van der Waals surface area (Å²) in [4.78, 5) is 7.39. The molecular formula is C18H23N3OS. The Hall–Kier alpha value is -1.43. The largest absolute Gasteiger partial charge is 0.496 e. The minimum Gasteiger partial charge on any atom is -0.496 e. The number of piperazine rings is 1. The Labute approximate surface area is 141 Å². The number of nitrogens with zero attached hydrogens (tertiary/aromatic N) is 2. The summed E-state index contributed by atoms with van der Waals surface area (Å²) in [5.74, 6) is 1.73. The number of benzene rings is 1. The first-order valence-electron chi connectivity index (χ1n) is 8.37. The fourth-order valence-corrected chi connectivity index (χ4v) is 4.29. The van der Waals surface area contributed by atoms with E-state index in [-0.39, 0.29) is 0 Å². The minimum absolute atomic E-state index is 0.339. The third-order valence-corrected chi connectivity index (χ3v) is 5.77. The Balaban J connectivity index is 1.54. The number of rotatable bonds is 5. The van der Waals surface area contributed by atoms with E-state index >= 15 is 0 Å². The third-order valence-electron chi connectivity index (χ3n) is 4.71. The third kappa shape index (κ3) is 3.27. The zero-order chi connectivity index (χ0) is 15.6. The molecule has 2 aliphatic rings. The fraction of sp³-hybridized carbons (Fsp3) is 0.500. The summed E-state index contributed by atoms with van der Waals surface area (Å²) in [6.07, 6.45) is 2.65. The van der Waals surface area contributed by atoms with Crippen LogP contribution in [0.2, 0.25) is 0 Å². The zero-order valence-corrected chi connectivity index (χ0v) is 14.3. The number of ether oxygens (including phenoxy) is 1. The molecule has 4 rings (SSSR count). The second kappa shape index (κ2) is 6.59. The molecule has 5 heteroatoms. The van der Waals surface area contributed by atoms with Gasteiger partial charge in [-0.25, -0.2) is 4.98 Å². The maximum atomic E-state index is 5.57. The number of thiazole rings is 1. The summed E-state index contributed by atoms with van der Waals surface area (Å²) < 4.78 is 5.57. The van der Waals surface area contributed by atoms with E-state index in [0.29, 0.717) is 6.04 Å². The predicted molar refractivity (Wildman–Crippen MR) is 93.1 cm³/mol.